The number of imidazole rings is 1. The lowest BCUT2D eigenvalue weighted by molar-refractivity contribution is -0.135. The summed E-state index contributed by atoms with van der Waals surface area (Å²) in [7, 11) is 0. The van der Waals surface area contributed by atoms with Crippen molar-refractivity contribution >= 4 is 22.8 Å². The molecule has 0 atom stereocenters. The van der Waals surface area contributed by atoms with Crippen LogP contribution in [0, 0.1) is 6.92 Å². The van der Waals surface area contributed by atoms with Crippen molar-refractivity contribution in [1.29, 1.82) is 0 Å². The number of benzene rings is 2. The van der Waals surface area contributed by atoms with Crippen LogP contribution >= 0.6 is 0 Å². The molecule has 2 heterocycles. The van der Waals surface area contributed by atoms with E-state index in [1.807, 2.05) is 64.9 Å². The lowest BCUT2D eigenvalue weighted by atomic mass is 10.1. The van der Waals surface area contributed by atoms with Gasteiger partial charge >= 0.3 is 0 Å². The number of fused-ring (bicyclic) bond motifs is 1. The summed E-state index contributed by atoms with van der Waals surface area (Å²) in [6.45, 7) is 5.23. The zero-order valence-electron chi connectivity index (χ0n) is 17.8. The second-order valence-corrected chi connectivity index (χ2v) is 7.82. The molecular formula is C24H28N4O3. The van der Waals surface area contributed by atoms with Gasteiger partial charge in [0.2, 0.25) is 5.91 Å². The number of aryl methyl sites for hydroxylation is 2. The predicted octanol–water partition coefficient (Wildman–Crippen LogP) is 2.57. The molecule has 31 heavy (non-hydrogen) atoms. The van der Waals surface area contributed by atoms with Crippen LogP contribution in [-0.4, -0.2) is 59.1 Å². The Labute approximate surface area is 182 Å². The molecule has 2 amide bonds. The van der Waals surface area contributed by atoms with E-state index in [9.17, 15) is 9.59 Å². The molecule has 162 valence electrons. The van der Waals surface area contributed by atoms with E-state index in [2.05, 4.69) is 5.32 Å². The van der Waals surface area contributed by atoms with Gasteiger partial charge in [0.05, 0.1) is 24.2 Å². The van der Waals surface area contributed by atoms with Gasteiger partial charge in [-0.15, -0.1) is 0 Å². The lowest BCUT2D eigenvalue weighted by Gasteiger charge is -2.27. The number of rotatable bonds is 7. The van der Waals surface area contributed by atoms with Gasteiger partial charge in [-0.2, -0.15) is 0 Å². The van der Waals surface area contributed by atoms with Crippen LogP contribution in [0.15, 0.2) is 48.5 Å². The number of amides is 2. The Hall–Kier alpha value is -3.19. The monoisotopic (exact) mass is 420 g/mol. The lowest BCUT2D eigenvalue weighted by Crippen LogP contribution is -2.42. The maximum absolute atomic E-state index is 12.8. The standard InChI is InChI=1S/C24H28N4O3/c1-18-6-4-7-19(16-18)24(30)25-11-5-10-22-26-20-8-2-3-9-21(20)28(22)17-23(29)27-12-14-31-15-13-27/h2-4,6-9,16H,5,10-15,17H2,1H3,(H,25,30). The normalized spacial score (nSPS) is 14.0. The number of carbonyl (C=O) groups excluding carboxylic acids is 2. The van der Waals surface area contributed by atoms with E-state index >= 15 is 0 Å². The topological polar surface area (TPSA) is 76.5 Å². The van der Waals surface area contributed by atoms with Crippen molar-refractivity contribution in [3.63, 3.8) is 0 Å². The molecule has 1 N–H and O–H groups in total. The van der Waals surface area contributed by atoms with Gasteiger partial charge in [0.25, 0.3) is 5.91 Å². The number of hydrogen-bond acceptors (Lipinski definition) is 4. The Morgan fingerprint density at radius 1 is 1.10 bits per heavy atom. The number of nitrogens with zero attached hydrogens (tertiary/aromatic N) is 3. The number of morpholine rings is 1. The minimum absolute atomic E-state index is 0.0697. The molecule has 0 aliphatic carbocycles. The zero-order chi connectivity index (χ0) is 21.6. The molecule has 3 aromatic rings. The van der Waals surface area contributed by atoms with Crippen LogP contribution in [0.4, 0.5) is 0 Å². The van der Waals surface area contributed by atoms with E-state index in [0.717, 1.165) is 28.8 Å². The fraction of sp³-hybridized carbons (Fsp3) is 0.375. The second-order valence-electron chi connectivity index (χ2n) is 7.82. The predicted molar refractivity (Wildman–Crippen MR) is 119 cm³/mol. The van der Waals surface area contributed by atoms with E-state index in [1.54, 1.807) is 0 Å². The maximum atomic E-state index is 12.8. The van der Waals surface area contributed by atoms with Gasteiger partial charge in [-0.05, 0) is 37.6 Å². The molecule has 1 aliphatic rings. The van der Waals surface area contributed by atoms with Crippen LogP contribution in [-0.2, 0) is 22.5 Å². The van der Waals surface area contributed by atoms with Gasteiger partial charge in [-0.25, -0.2) is 4.98 Å². The first-order chi connectivity index (χ1) is 15.1. The quantitative estimate of drug-likeness (QED) is 0.596. The molecule has 7 heteroatoms. The molecule has 0 spiro atoms. The molecule has 0 saturated carbocycles. The third kappa shape index (κ3) is 5.11. The largest absolute Gasteiger partial charge is 0.378 e. The summed E-state index contributed by atoms with van der Waals surface area (Å²) in [5.41, 5.74) is 3.58. The molecule has 4 rings (SSSR count). The van der Waals surface area contributed by atoms with Crippen molar-refractivity contribution in [2.24, 2.45) is 0 Å². The smallest absolute Gasteiger partial charge is 0.251 e. The Kier molecular flexibility index (Phi) is 6.62. The highest BCUT2D eigenvalue weighted by atomic mass is 16.5. The highest BCUT2D eigenvalue weighted by molar-refractivity contribution is 5.94. The summed E-state index contributed by atoms with van der Waals surface area (Å²) < 4.78 is 7.36. The van der Waals surface area contributed by atoms with Gasteiger partial charge < -0.3 is 19.5 Å². The molecule has 7 nitrogen and oxygen atoms in total. The van der Waals surface area contributed by atoms with Crippen LogP contribution in [0.1, 0.15) is 28.2 Å². The van der Waals surface area contributed by atoms with E-state index in [-0.39, 0.29) is 18.4 Å². The molecule has 0 radical (unpaired) electrons. The van der Waals surface area contributed by atoms with Gasteiger partial charge in [0, 0.05) is 31.6 Å². The molecule has 1 aliphatic heterocycles. The summed E-state index contributed by atoms with van der Waals surface area (Å²) in [5.74, 6) is 0.882. The Balaban J connectivity index is 1.40. The first-order valence-electron chi connectivity index (χ1n) is 10.8. The summed E-state index contributed by atoms with van der Waals surface area (Å²) in [6, 6.07) is 15.4. The molecule has 0 bridgehead atoms. The van der Waals surface area contributed by atoms with Crippen LogP contribution in [0.5, 0.6) is 0 Å². The van der Waals surface area contributed by atoms with E-state index < -0.39 is 0 Å². The van der Waals surface area contributed by atoms with Crippen LogP contribution in [0.2, 0.25) is 0 Å². The van der Waals surface area contributed by atoms with Crippen molar-refractivity contribution in [3.8, 4) is 0 Å². The number of ether oxygens (including phenoxy) is 1. The van der Waals surface area contributed by atoms with Gasteiger partial charge in [0.1, 0.15) is 12.4 Å². The second kappa shape index (κ2) is 9.75. The molecule has 0 unspecified atom stereocenters. The Morgan fingerprint density at radius 3 is 2.71 bits per heavy atom. The third-order valence-electron chi connectivity index (χ3n) is 5.53. The van der Waals surface area contributed by atoms with Crippen molar-refractivity contribution in [3.05, 3.63) is 65.5 Å². The third-order valence-corrected chi connectivity index (χ3v) is 5.53. The van der Waals surface area contributed by atoms with Crippen molar-refractivity contribution in [2.45, 2.75) is 26.3 Å². The van der Waals surface area contributed by atoms with Gasteiger partial charge in [0.15, 0.2) is 0 Å². The first-order valence-corrected chi connectivity index (χ1v) is 10.8. The number of carbonyl (C=O) groups is 2. The fourth-order valence-electron chi connectivity index (χ4n) is 3.88. The van der Waals surface area contributed by atoms with Crippen LogP contribution in [0.3, 0.4) is 0 Å². The fourth-order valence-corrected chi connectivity index (χ4v) is 3.88. The summed E-state index contributed by atoms with van der Waals surface area (Å²) in [6.07, 6.45) is 1.42. The summed E-state index contributed by atoms with van der Waals surface area (Å²) in [5, 5.41) is 2.98. The van der Waals surface area contributed by atoms with Crippen LogP contribution in [0.25, 0.3) is 11.0 Å². The van der Waals surface area contributed by atoms with Gasteiger partial charge in [-0.3, -0.25) is 9.59 Å². The Bertz CT molecular complexity index is 1070. The molecular weight excluding hydrogens is 392 g/mol. The van der Waals surface area contributed by atoms with E-state index in [1.165, 1.54) is 0 Å². The molecule has 1 aromatic heterocycles. The first kappa shape index (κ1) is 21.1. The van der Waals surface area contributed by atoms with Gasteiger partial charge in [-0.1, -0.05) is 29.8 Å². The Morgan fingerprint density at radius 2 is 1.90 bits per heavy atom. The number of aromatic nitrogens is 2. The van der Waals surface area contributed by atoms with Crippen molar-refractivity contribution < 1.29 is 14.3 Å². The molecule has 1 fully saturated rings. The van der Waals surface area contributed by atoms with Crippen molar-refractivity contribution in [2.75, 3.05) is 32.8 Å². The maximum Gasteiger partial charge on any atom is 0.251 e. The van der Waals surface area contributed by atoms with Crippen LogP contribution < -0.4 is 5.32 Å². The SMILES string of the molecule is Cc1cccc(C(=O)NCCCc2nc3ccccc3n2CC(=O)N2CCOCC2)c1. The highest BCUT2D eigenvalue weighted by Gasteiger charge is 2.20. The average Bonchev–Trinajstić information content (AvgIpc) is 3.14. The minimum Gasteiger partial charge on any atom is -0.378 e. The van der Waals surface area contributed by atoms with E-state index in [0.29, 0.717) is 44.8 Å². The summed E-state index contributed by atoms with van der Waals surface area (Å²) in [4.78, 5) is 31.8. The molecule has 1 saturated heterocycles. The number of para-hydroxylation sites is 2. The number of hydrogen-bond donors (Lipinski definition) is 1. The molecule has 2 aromatic carbocycles. The zero-order valence-corrected chi connectivity index (χ0v) is 17.8. The highest BCUT2D eigenvalue weighted by Crippen LogP contribution is 2.18. The summed E-state index contributed by atoms with van der Waals surface area (Å²) >= 11 is 0. The average molecular weight is 421 g/mol. The number of nitrogens with one attached hydrogen (secondary N) is 1. The van der Waals surface area contributed by atoms with E-state index in [4.69, 9.17) is 9.72 Å². The van der Waals surface area contributed by atoms with Crippen molar-refractivity contribution in [1.82, 2.24) is 19.8 Å². The minimum atomic E-state index is -0.0697.